The molecule has 4 rings (SSSR count). The van der Waals surface area contributed by atoms with Gasteiger partial charge in [0.1, 0.15) is 11.1 Å². The van der Waals surface area contributed by atoms with Crippen molar-refractivity contribution in [3.8, 4) is 0 Å². The predicted octanol–water partition coefficient (Wildman–Crippen LogP) is 3.94. The number of halogens is 3. The normalized spacial score (nSPS) is 15.5. The van der Waals surface area contributed by atoms with E-state index in [2.05, 4.69) is 10.3 Å². The van der Waals surface area contributed by atoms with Crippen LogP contribution in [-0.4, -0.2) is 34.8 Å². The molecular formula is C25H22F3N3O2. The zero-order valence-corrected chi connectivity index (χ0v) is 17.7. The van der Waals surface area contributed by atoms with E-state index in [4.69, 9.17) is 0 Å². The lowest BCUT2D eigenvalue weighted by molar-refractivity contribution is -0.141. The minimum absolute atomic E-state index is 0.0223. The van der Waals surface area contributed by atoms with E-state index in [-0.39, 0.29) is 24.9 Å². The highest BCUT2D eigenvalue weighted by molar-refractivity contribution is 5.96. The van der Waals surface area contributed by atoms with Gasteiger partial charge in [-0.1, -0.05) is 66.7 Å². The van der Waals surface area contributed by atoms with Crippen molar-refractivity contribution < 1.29 is 22.8 Å². The number of nitrogens with one attached hydrogen (secondary N) is 1. The van der Waals surface area contributed by atoms with Crippen LogP contribution in [-0.2, 0) is 27.7 Å². The number of amides is 2. The number of hydrogen-bond donors (Lipinski definition) is 1. The fourth-order valence-corrected chi connectivity index (χ4v) is 4.21. The summed E-state index contributed by atoms with van der Waals surface area (Å²) >= 11 is 0. The predicted molar refractivity (Wildman–Crippen MR) is 116 cm³/mol. The first kappa shape index (κ1) is 22.5. The van der Waals surface area contributed by atoms with Crippen molar-refractivity contribution in [2.45, 2.75) is 24.6 Å². The monoisotopic (exact) mass is 453 g/mol. The van der Waals surface area contributed by atoms with E-state index < -0.39 is 17.3 Å². The minimum Gasteiger partial charge on any atom is -0.350 e. The molecule has 1 aliphatic heterocycles. The zero-order valence-electron chi connectivity index (χ0n) is 17.7. The van der Waals surface area contributed by atoms with E-state index >= 15 is 0 Å². The molecule has 170 valence electrons. The molecule has 2 amide bonds. The van der Waals surface area contributed by atoms with E-state index in [0.717, 1.165) is 23.4 Å². The molecule has 2 heterocycles. The van der Waals surface area contributed by atoms with Gasteiger partial charge in [-0.15, -0.1) is 0 Å². The molecule has 0 bridgehead atoms. The number of pyridine rings is 1. The SMILES string of the molecule is O=C(CN1CCC(c2ccccc2)(c2ccccc2)C1=O)NCc1ccc(C(F)(F)F)nc1. The summed E-state index contributed by atoms with van der Waals surface area (Å²) in [4.78, 5) is 31.0. The lowest BCUT2D eigenvalue weighted by atomic mass is 9.73. The van der Waals surface area contributed by atoms with Crippen LogP contribution >= 0.6 is 0 Å². The Bertz CT molecular complexity index is 1080. The van der Waals surface area contributed by atoms with Crippen LogP contribution in [0, 0.1) is 0 Å². The van der Waals surface area contributed by atoms with Crippen LogP contribution < -0.4 is 5.32 Å². The minimum atomic E-state index is -4.51. The summed E-state index contributed by atoms with van der Waals surface area (Å²) in [6, 6.07) is 21.2. The topological polar surface area (TPSA) is 62.3 Å². The number of aromatic nitrogens is 1. The Morgan fingerprint density at radius 3 is 2.09 bits per heavy atom. The van der Waals surface area contributed by atoms with Crippen LogP contribution in [0.25, 0.3) is 0 Å². The van der Waals surface area contributed by atoms with Crippen molar-refractivity contribution in [1.82, 2.24) is 15.2 Å². The number of rotatable bonds is 6. The van der Waals surface area contributed by atoms with Gasteiger partial charge in [0.2, 0.25) is 11.8 Å². The van der Waals surface area contributed by atoms with Gasteiger partial charge in [0.05, 0.1) is 6.54 Å². The van der Waals surface area contributed by atoms with E-state index in [9.17, 15) is 22.8 Å². The largest absolute Gasteiger partial charge is 0.433 e. The molecule has 1 aliphatic rings. The molecule has 1 aromatic heterocycles. The number of nitrogens with zero attached hydrogens (tertiary/aromatic N) is 2. The highest BCUT2D eigenvalue weighted by Crippen LogP contribution is 2.41. The molecule has 1 N–H and O–H groups in total. The lowest BCUT2D eigenvalue weighted by Gasteiger charge is -2.29. The zero-order chi connectivity index (χ0) is 23.5. The van der Waals surface area contributed by atoms with Crippen molar-refractivity contribution in [1.29, 1.82) is 0 Å². The molecule has 0 unspecified atom stereocenters. The Hall–Kier alpha value is -3.68. The number of carbonyl (C=O) groups is 2. The number of hydrogen-bond acceptors (Lipinski definition) is 3. The smallest absolute Gasteiger partial charge is 0.350 e. The molecule has 8 heteroatoms. The number of carbonyl (C=O) groups excluding carboxylic acids is 2. The molecule has 0 saturated carbocycles. The molecule has 1 saturated heterocycles. The van der Waals surface area contributed by atoms with Crippen LogP contribution in [0.15, 0.2) is 79.0 Å². The third kappa shape index (κ3) is 4.60. The highest BCUT2D eigenvalue weighted by Gasteiger charge is 2.49. The van der Waals surface area contributed by atoms with Crippen molar-refractivity contribution in [3.63, 3.8) is 0 Å². The molecule has 0 aliphatic carbocycles. The quantitative estimate of drug-likeness (QED) is 0.615. The molecule has 2 aromatic carbocycles. The van der Waals surface area contributed by atoms with Gasteiger partial charge in [-0.3, -0.25) is 14.6 Å². The van der Waals surface area contributed by atoms with Crippen molar-refractivity contribution in [2.24, 2.45) is 0 Å². The van der Waals surface area contributed by atoms with Gasteiger partial charge < -0.3 is 10.2 Å². The van der Waals surface area contributed by atoms with Gasteiger partial charge >= 0.3 is 6.18 Å². The number of alkyl halides is 3. The number of likely N-dealkylation sites (tertiary alicyclic amines) is 1. The number of benzene rings is 2. The first-order valence-corrected chi connectivity index (χ1v) is 10.5. The van der Waals surface area contributed by atoms with Gasteiger partial charge in [0, 0.05) is 19.3 Å². The second-order valence-electron chi connectivity index (χ2n) is 7.94. The Morgan fingerprint density at radius 1 is 0.970 bits per heavy atom. The molecule has 0 radical (unpaired) electrons. The third-order valence-corrected chi connectivity index (χ3v) is 5.88. The van der Waals surface area contributed by atoms with Crippen LogP contribution in [0.4, 0.5) is 13.2 Å². The van der Waals surface area contributed by atoms with Gasteiger partial charge in [-0.05, 0) is 29.2 Å². The molecule has 3 aromatic rings. The maximum absolute atomic E-state index is 13.6. The average Bonchev–Trinajstić information content (AvgIpc) is 3.15. The van der Waals surface area contributed by atoms with E-state index in [1.165, 1.54) is 11.0 Å². The van der Waals surface area contributed by atoms with Gasteiger partial charge in [0.25, 0.3) is 0 Å². The Kier molecular flexibility index (Phi) is 6.18. The fourth-order valence-electron chi connectivity index (χ4n) is 4.21. The molecule has 5 nitrogen and oxygen atoms in total. The summed E-state index contributed by atoms with van der Waals surface area (Å²) in [7, 11) is 0. The summed E-state index contributed by atoms with van der Waals surface area (Å²) in [5, 5.41) is 2.66. The molecule has 0 spiro atoms. The van der Waals surface area contributed by atoms with Crippen molar-refractivity contribution >= 4 is 11.8 Å². The average molecular weight is 453 g/mol. The van der Waals surface area contributed by atoms with Crippen molar-refractivity contribution in [3.05, 3.63) is 101 Å². The second kappa shape index (κ2) is 9.05. The summed E-state index contributed by atoms with van der Waals surface area (Å²) < 4.78 is 37.9. The van der Waals surface area contributed by atoms with Gasteiger partial charge in [-0.25, -0.2) is 0 Å². The summed E-state index contributed by atoms with van der Waals surface area (Å²) in [6.07, 6.45) is -2.89. The molecule has 33 heavy (non-hydrogen) atoms. The Balaban J connectivity index is 1.45. The highest BCUT2D eigenvalue weighted by atomic mass is 19.4. The molecule has 1 fully saturated rings. The summed E-state index contributed by atoms with van der Waals surface area (Å²) in [6.45, 7) is 0.306. The van der Waals surface area contributed by atoms with Crippen molar-refractivity contribution in [2.75, 3.05) is 13.1 Å². The second-order valence-corrected chi connectivity index (χ2v) is 7.94. The maximum atomic E-state index is 13.6. The summed E-state index contributed by atoms with van der Waals surface area (Å²) in [5.74, 6) is -0.536. The van der Waals surface area contributed by atoms with Gasteiger partial charge in [-0.2, -0.15) is 13.2 Å². The van der Waals surface area contributed by atoms with Crippen LogP contribution in [0.1, 0.15) is 28.8 Å². The standard InChI is InChI=1S/C25H22F3N3O2/c26-25(27,28)21-12-11-18(15-29-21)16-30-22(32)17-31-14-13-24(23(31)33,19-7-3-1-4-8-19)20-9-5-2-6-10-20/h1-12,15H,13-14,16-17H2,(H,30,32). The Labute approximate surface area is 189 Å². The van der Waals surface area contributed by atoms with Crippen LogP contribution in [0.5, 0.6) is 0 Å². The fraction of sp³-hybridized carbons (Fsp3) is 0.240. The van der Waals surface area contributed by atoms with Crippen LogP contribution in [0.3, 0.4) is 0 Å². The van der Waals surface area contributed by atoms with E-state index in [1.54, 1.807) is 0 Å². The lowest BCUT2D eigenvalue weighted by Crippen LogP contribution is -2.43. The summed E-state index contributed by atoms with van der Waals surface area (Å²) in [5.41, 5.74) is 0.338. The maximum Gasteiger partial charge on any atom is 0.433 e. The third-order valence-electron chi connectivity index (χ3n) is 5.88. The van der Waals surface area contributed by atoms with Crippen LogP contribution in [0.2, 0.25) is 0 Å². The van der Waals surface area contributed by atoms with E-state index in [0.29, 0.717) is 18.5 Å². The van der Waals surface area contributed by atoms with Gasteiger partial charge in [0.15, 0.2) is 0 Å². The first-order chi connectivity index (χ1) is 15.8. The molecule has 0 atom stereocenters. The Morgan fingerprint density at radius 2 is 1.58 bits per heavy atom. The molecular weight excluding hydrogens is 431 g/mol. The van der Waals surface area contributed by atoms with E-state index in [1.807, 2.05) is 60.7 Å². The first-order valence-electron chi connectivity index (χ1n) is 10.5.